The van der Waals surface area contributed by atoms with Gasteiger partial charge in [0, 0.05) is 0 Å². The Morgan fingerprint density at radius 1 is 0.739 bits per heavy atom. The first-order valence-corrected chi connectivity index (χ1v) is 7.40. The molecular weight excluding hydrogens is 316 g/mol. The molecule has 2 heterocycles. The smallest absolute Gasteiger partial charge is 0.187 e. The summed E-state index contributed by atoms with van der Waals surface area (Å²) in [6.45, 7) is 0.369. The third-order valence-corrected chi connectivity index (χ3v) is 4.24. The largest absolute Gasteiger partial charge is 0.394 e. The van der Waals surface area contributed by atoms with Crippen molar-refractivity contribution in [1.82, 2.24) is 0 Å². The van der Waals surface area contributed by atoms with Crippen LogP contribution < -0.4 is 0 Å². The summed E-state index contributed by atoms with van der Waals surface area (Å²) >= 11 is 0. The molecule has 4 unspecified atom stereocenters. The lowest BCUT2D eigenvalue weighted by molar-refractivity contribution is -0.341. The summed E-state index contributed by atoms with van der Waals surface area (Å²) in [5.41, 5.74) is 0. The molecule has 2 fully saturated rings. The molecule has 2 saturated heterocycles. The molecule has 136 valence electrons. The van der Waals surface area contributed by atoms with Gasteiger partial charge in [0.15, 0.2) is 6.29 Å². The van der Waals surface area contributed by atoms with Crippen molar-refractivity contribution < 1.29 is 50.0 Å². The fourth-order valence-corrected chi connectivity index (χ4v) is 2.78. The van der Waals surface area contributed by atoms with Gasteiger partial charge in [-0.05, 0) is 6.92 Å². The van der Waals surface area contributed by atoms with Crippen LogP contribution in [0.25, 0.3) is 0 Å². The zero-order chi connectivity index (χ0) is 17.3. The van der Waals surface area contributed by atoms with Crippen molar-refractivity contribution >= 4 is 0 Å². The van der Waals surface area contributed by atoms with Crippen molar-refractivity contribution in [2.45, 2.75) is 68.1 Å². The van der Waals surface area contributed by atoms with Crippen LogP contribution in [0.3, 0.4) is 0 Å². The molecule has 0 bridgehead atoms. The van der Waals surface area contributed by atoms with E-state index >= 15 is 0 Å². The zero-order valence-electron chi connectivity index (χ0n) is 12.5. The normalized spacial score (nSPS) is 51.7. The second-order valence-electron chi connectivity index (χ2n) is 5.84. The number of ether oxygens (including phenoxy) is 3. The molecule has 23 heavy (non-hydrogen) atoms. The van der Waals surface area contributed by atoms with Crippen LogP contribution in [0.2, 0.25) is 0 Å². The molecule has 2 aliphatic rings. The predicted octanol–water partition coefficient (Wildman–Crippen LogP) is -4.33. The predicted molar refractivity (Wildman–Crippen MR) is 72.1 cm³/mol. The highest BCUT2D eigenvalue weighted by Gasteiger charge is 2.49. The third kappa shape index (κ3) is 3.66. The minimum Gasteiger partial charge on any atom is -0.394 e. The van der Waals surface area contributed by atoms with Crippen molar-refractivity contribution in [3.63, 3.8) is 0 Å². The Hall–Kier alpha value is -0.400. The number of hydrogen-bond donors (Lipinski definition) is 7. The Labute approximate surface area is 132 Å². The van der Waals surface area contributed by atoms with Gasteiger partial charge < -0.3 is 50.0 Å². The lowest BCUT2D eigenvalue weighted by atomic mass is 9.95. The Morgan fingerprint density at radius 3 is 1.91 bits per heavy atom. The van der Waals surface area contributed by atoms with E-state index in [-0.39, 0.29) is 0 Å². The molecular formula is C13H24O10. The molecule has 10 atom stereocenters. The monoisotopic (exact) mass is 340 g/mol. The molecule has 0 radical (unpaired) electrons. The zero-order valence-corrected chi connectivity index (χ0v) is 12.5. The average Bonchev–Trinajstić information content (AvgIpc) is 2.55. The SMILES string of the molecule is C[C@@H]1OC(CO)[C@H](O[C@H]2OC(CO)[C@H](O)[C@H](O)C2O)[C@H](O)C1O. The highest BCUT2D eigenvalue weighted by molar-refractivity contribution is 4.94. The van der Waals surface area contributed by atoms with Crippen LogP contribution in [0.15, 0.2) is 0 Å². The number of rotatable bonds is 4. The van der Waals surface area contributed by atoms with Gasteiger partial charge in [-0.15, -0.1) is 0 Å². The van der Waals surface area contributed by atoms with Crippen molar-refractivity contribution in [3.05, 3.63) is 0 Å². The van der Waals surface area contributed by atoms with Crippen LogP contribution in [-0.4, -0.2) is 110 Å². The molecule has 0 spiro atoms. The van der Waals surface area contributed by atoms with Gasteiger partial charge >= 0.3 is 0 Å². The Balaban J connectivity index is 2.11. The quantitative estimate of drug-likeness (QED) is 0.265. The second kappa shape index (κ2) is 7.66. The molecule has 0 amide bonds. The van der Waals surface area contributed by atoms with Crippen LogP contribution in [0.4, 0.5) is 0 Å². The minimum absolute atomic E-state index is 0.518. The molecule has 0 aromatic rings. The molecule has 10 nitrogen and oxygen atoms in total. The van der Waals surface area contributed by atoms with E-state index in [1.807, 2.05) is 0 Å². The van der Waals surface area contributed by atoms with Gasteiger partial charge in [-0.3, -0.25) is 0 Å². The van der Waals surface area contributed by atoms with E-state index in [1.54, 1.807) is 0 Å². The lowest BCUT2D eigenvalue weighted by Gasteiger charge is -2.45. The summed E-state index contributed by atoms with van der Waals surface area (Å²) in [5, 5.41) is 67.8. The molecule has 0 aliphatic carbocycles. The Kier molecular flexibility index (Phi) is 6.30. The van der Waals surface area contributed by atoms with E-state index < -0.39 is 74.4 Å². The standard InChI is InChI=1S/C13H24O10/c1-4-7(16)10(19)12(6(3-15)21-4)23-13-11(20)9(18)8(17)5(2-14)22-13/h4-20H,2-3H2,1H3/t4-,5?,6?,7?,8-,9-,10+,11?,12-,13+/m0/s1. The first kappa shape index (κ1) is 18.9. The maximum Gasteiger partial charge on any atom is 0.187 e. The van der Waals surface area contributed by atoms with Gasteiger partial charge in [0.05, 0.1) is 19.3 Å². The second-order valence-corrected chi connectivity index (χ2v) is 5.84. The topological polar surface area (TPSA) is 169 Å². The summed E-state index contributed by atoms with van der Waals surface area (Å²) in [5.74, 6) is 0. The summed E-state index contributed by atoms with van der Waals surface area (Å²) in [6, 6.07) is 0. The lowest BCUT2D eigenvalue weighted by Crippen LogP contribution is -2.64. The Morgan fingerprint density at radius 2 is 1.35 bits per heavy atom. The van der Waals surface area contributed by atoms with Gasteiger partial charge in [-0.1, -0.05) is 0 Å². The van der Waals surface area contributed by atoms with Crippen LogP contribution in [-0.2, 0) is 14.2 Å². The first-order valence-electron chi connectivity index (χ1n) is 7.40. The van der Waals surface area contributed by atoms with E-state index in [2.05, 4.69) is 0 Å². The first-order chi connectivity index (χ1) is 10.8. The van der Waals surface area contributed by atoms with E-state index in [1.165, 1.54) is 6.92 Å². The fraction of sp³-hybridized carbons (Fsp3) is 1.00. The maximum atomic E-state index is 10.1. The molecule has 2 aliphatic heterocycles. The van der Waals surface area contributed by atoms with Crippen LogP contribution in [0, 0.1) is 0 Å². The van der Waals surface area contributed by atoms with E-state index in [0.717, 1.165) is 0 Å². The van der Waals surface area contributed by atoms with Gasteiger partial charge in [0.25, 0.3) is 0 Å². The Bertz CT molecular complexity index is 378. The number of aliphatic hydroxyl groups excluding tert-OH is 7. The van der Waals surface area contributed by atoms with E-state index in [4.69, 9.17) is 19.3 Å². The van der Waals surface area contributed by atoms with Crippen molar-refractivity contribution in [2.75, 3.05) is 13.2 Å². The van der Waals surface area contributed by atoms with Gasteiger partial charge in [-0.25, -0.2) is 0 Å². The van der Waals surface area contributed by atoms with E-state index in [0.29, 0.717) is 0 Å². The fourth-order valence-electron chi connectivity index (χ4n) is 2.78. The molecule has 10 heteroatoms. The van der Waals surface area contributed by atoms with Crippen molar-refractivity contribution in [1.29, 1.82) is 0 Å². The minimum atomic E-state index is -1.66. The maximum absolute atomic E-state index is 10.1. The van der Waals surface area contributed by atoms with Gasteiger partial charge in [-0.2, -0.15) is 0 Å². The number of hydrogen-bond acceptors (Lipinski definition) is 10. The average molecular weight is 340 g/mol. The van der Waals surface area contributed by atoms with Crippen LogP contribution in [0.5, 0.6) is 0 Å². The van der Waals surface area contributed by atoms with E-state index in [9.17, 15) is 30.6 Å². The summed E-state index contributed by atoms with van der Waals surface area (Å²) in [6.07, 6.45) is -13.2. The van der Waals surface area contributed by atoms with Gasteiger partial charge in [0.2, 0.25) is 0 Å². The number of aliphatic hydroxyl groups is 7. The van der Waals surface area contributed by atoms with Gasteiger partial charge in [0.1, 0.15) is 48.8 Å². The molecule has 7 N–H and O–H groups in total. The van der Waals surface area contributed by atoms with Crippen LogP contribution >= 0.6 is 0 Å². The third-order valence-electron chi connectivity index (χ3n) is 4.24. The van der Waals surface area contributed by atoms with Crippen LogP contribution in [0.1, 0.15) is 6.92 Å². The van der Waals surface area contributed by atoms with Crippen molar-refractivity contribution in [2.24, 2.45) is 0 Å². The summed E-state index contributed by atoms with van der Waals surface area (Å²) < 4.78 is 15.9. The molecule has 0 aromatic heterocycles. The highest BCUT2D eigenvalue weighted by Crippen LogP contribution is 2.28. The van der Waals surface area contributed by atoms with Crippen molar-refractivity contribution in [3.8, 4) is 0 Å². The summed E-state index contributed by atoms with van der Waals surface area (Å²) in [7, 11) is 0. The molecule has 2 rings (SSSR count). The molecule has 0 saturated carbocycles. The summed E-state index contributed by atoms with van der Waals surface area (Å²) in [4.78, 5) is 0. The molecule has 0 aromatic carbocycles. The highest BCUT2D eigenvalue weighted by atomic mass is 16.7.